The number of likely N-dealkylation sites (tertiary alicyclic amines) is 1. The van der Waals surface area contributed by atoms with E-state index in [1.807, 2.05) is 17.0 Å². The second-order valence-electron chi connectivity index (χ2n) is 8.30. The molecular formula is C22H32N2O2. The van der Waals surface area contributed by atoms with Crippen molar-refractivity contribution in [2.75, 3.05) is 26.2 Å². The molecule has 2 fully saturated rings. The summed E-state index contributed by atoms with van der Waals surface area (Å²) in [5, 5.41) is 3.32. The Morgan fingerprint density at radius 3 is 2.35 bits per heavy atom. The van der Waals surface area contributed by atoms with Crippen molar-refractivity contribution in [1.82, 2.24) is 10.2 Å². The normalized spacial score (nSPS) is 21.8. The van der Waals surface area contributed by atoms with Gasteiger partial charge in [-0.3, -0.25) is 9.59 Å². The van der Waals surface area contributed by atoms with Crippen molar-refractivity contribution in [3.05, 3.63) is 35.4 Å². The highest BCUT2D eigenvalue weighted by Crippen LogP contribution is 2.24. The second kappa shape index (κ2) is 8.81. The fourth-order valence-electron chi connectivity index (χ4n) is 4.20. The summed E-state index contributed by atoms with van der Waals surface area (Å²) in [5.41, 5.74) is 2.11. The second-order valence-corrected chi connectivity index (χ2v) is 8.30. The quantitative estimate of drug-likeness (QED) is 0.824. The molecule has 26 heavy (non-hydrogen) atoms. The smallest absolute Gasteiger partial charge is 0.226 e. The van der Waals surface area contributed by atoms with Gasteiger partial charge in [-0.15, -0.1) is 0 Å². The summed E-state index contributed by atoms with van der Waals surface area (Å²) in [5.74, 6) is 1.33. The van der Waals surface area contributed by atoms with Gasteiger partial charge in [0.05, 0.1) is 5.92 Å². The minimum atomic E-state index is 0.0551. The molecule has 0 bridgehead atoms. The minimum absolute atomic E-state index is 0.0551. The van der Waals surface area contributed by atoms with E-state index in [1.54, 1.807) is 0 Å². The Bertz CT molecular complexity index is 610. The number of hydrogen-bond donors (Lipinski definition) is 1. The number of Topliss-reactive ketones (excluding diaryl/α,β-unsaturated/α-hetero) is 1. The first-order chi connectivity index (χ1) is 12.5. The maximum atomic E-state index is 12.8. The Morgan fingerprint density at radius 2 is 1.77 bits per heavy atom. The third-order valence-corrected chi connectivity index (χ3v) is 5.71. The molecule has 2 aliphatic rings. The standard InChI is InChI=1S/C22H32N2O2/c1-16(2)14-17-5-7-18(8-6-17)21(25)19-9-12-24(13-10-19)22(26)20-4-3-11-23-15-20/h5-8,16,19-20,23H,3-4,9-15H2,1-2H3. The van der Waals surface area contributed by atoms with Gasteiger partial charge in [0.25, 0.3) is 0 Å². The number of nitrogens with zero attached hydrogens (tertiary/aromatic N) is 1. The predicted molar refractivity (Wildman–Crippen MR) is 104 cm³/mol. The lowest BCUT2D eigenvalue weighted by Crippen LogP contribution is -2.46. The SMILES string of the molecule is CC(C)Cc1ccc(C(=O)C2CCN(C(=O)C3CCCNC3)CC2)cc1. The van der Waals surface area contributed by atoms with Gasteiger partial charge in [0.1, 0.15) is 0 Å². The molecule has 0 spiro atoms. The zero-order chi connectivity index (χ0) is 18.5. The molecule has 142 valence electrons. The highest BCUT2D eigenvalue weighted by Gasteiger charge is 2.31. The van der Waals surface area contributed by atoms with E-state index in [9.17, 15) is 9.59 Å². The zero-order valence-electron chi connectivity index (χ0n) is 16.2. The first-order valence-electron chi connectivity index (χ1n) is 10.2. The molecule has 4 heteroatoms. The molecule has 1 amide bonds. The van der Waals surface area contributed by atoms with Gasteiger partial charge in [-0.25, -0.2) is 0 Å². The molecule has 0 saturated carbocycles. The van der Waals surface area contributed by atoms with Crippen LogP contribution in [0.4, 0.5) is 0 Å². The number of ketones is 1. The largest absolute Gasteiger partial charge is 0.342 e. The number of nitrogens with one attached hydrogen (secondary N) is 1. The third-order valence-electron chi connectivity index (χ3n) is 5.71. The van der Waals surface area contributed by atoms with E-state index in [0.29, 0.717) is 5.92 Å². The number of carbonyl (C=O) groups is 2. The molecule has 2 aliphatic heterocycles. The van der Waals surface area contributed by atoms with Crippen LogP contribution in [0.5, 0.6) is 0 Å². The van der Waals surface area contributed by atoms with Crippen molar-refractivity contribution in [3.63, 3.8) is 0 Å². The Balaban J connectivity index is 1.52. The predicted octanol–water partition coefficient (Wildman–Crippen LogP) is 3.31. The fourth-order valence-corrected chi connectivity index (χ4v) is 4.20. The Morgan fingerprint density at radius 1 is 1.08 bits per heavy atom. The van der Waals surface area contributed by atoms with Crippen LogP contribution in [0.3, 0.4) is 0 Å². The summed E-state index contributed by atoms with van der Waals surface area (Å²) in [6.45, 7) is 7.68. The van der Waals surface area contributed by atoms with Gasteiger partial charge in [0, 0.05) is 31.1 Å². The number of piperidine rings is 2. The lowest BCUT2D eigenvalue weighted by molar-refractivity contribution is -0.137. The van der Waals surface area contributed by atoms with Crippen LogP contribution in [-0.2, 0) is 11.2 Å². The molecule has 1 aromatic carbocycles. The van der Waals surface area contributed by atoms with E-state index < -0.39 is 0 Å². The minimum Gasteiger partial charge on any atom is -0.342 e. The highest BCUT2D eigenvalue weighted by molar-refractivity contribution is 5.98. The first kappa shape index (κ1) is 19.1. The number of amides is 1. The van der Waals surface area contributed by atoms with Gasteiger partial charge in [0.2, 0.25) is 5.91 Å². The lowest BCUT2D eigenvalue weighted by atomic mass is 9.87. The molecule has 3 rings (SSSR count). The van der Waals surface area contributed by atoms with Crippen LogP contribution in [0.25, 0.3) is 0 Å². The molecule has 4 nitrogen and oxygen atoms in total. The summed E-state index contributed by atoms with van der Waals surface area (Å²) < 4.78 is 0. The fraction of sp³-hybridized carbons (Fsp3) is 0.636. The molecule has 0 aromatic heterocycles. The highest BCUT2D eigenvalue weighted by atomic mass is 16.2. The lowest BCUT2D eigenvalue weighted by Gasteiger charge is -2.35. The van der Waals surface area contributed by atoms with Gasteiger partial charge < -0.3 is 10.2 Å². The number of rotatable bonds is 5. The van der Waals surface area contributed by atoms with Crippen LogP contribution in [0.1, 0.15) is 55.5 Å². The van der Waals surface area contributed by atoms with Gasteiger partial charge in [-0.2, -0.15) is 0 Å². The number of hydrogen-bond acceptors (Lipinski definition) is 3. The van der Waals surface area contributed by atoms with Gasteiger partial charge >= 0.3 is 0 Å². The Labute approximate surface area is 157 Å². The van der Waals surface area contributed by atoms with Crippen molar-refractivity contribution in [2.24, 2.45) is 17.8 Å². The number of carbonyl (C=O) groups excluding carboxylic acids is 2. The van der Waals surface area contributed by atoms with Gasteiger partial charge in [-0.05, 0) is 50.1 Å². The summed E-state index contributed by atoms with van der Waals surface area (Å²) in [7, 11) is 0. The molecule has 2 saturated heterocycles. The maximum absolute atomic E-state index is 12.8. The van der Waals surface area contributed by atoms with Crippen LogP contribution in [0.2, 0.25) is 0 Å². The van der Waals surface area contributed by atoms with Crippen molar-refractivity contribution >= 4 is 11.7 Å². The van der Waals surface area contributed by atoms with E-state index in [4.69, 9.17) is 0 Å². The van der Waals surface area contributed by atoms with Gasteiger partial charge in [-0.1, -0.05) is 38.1 Å². The zero-order valence-corrected chi connectivity index (χ0v) is 16.2. The summed E-state index contributed by atoms with van der Waals surface area (Å²) >= 11 is 0. The van der Waals surface area contributed by atoms with E-state index in [0.717, 1.165) is 63.8 Å². The molecule has 1 unspecified atom stereocenters. The topological polar surface area (TPSA) is 49.4 Å². The van der Waals surface area contributed by atoms with Crippen LogP contribution < -0.4 is 5.32 Å². The van der Waals surface area contributed by atoms with Crippen molar-refractivity contribution < 1.29 is 9.59 Å². The third kappa shape index (κ3) is 4.73. The van der Waals surface area contributed by atoms with Crippen LogP contribution in [0, 0.1) is 17.8 Å². The molecule has 1 atom stereocenters. The van der Waals surface area contributed by atoms with E-state index >= 15 is 0 Å². The first-order valence-corrected chi connectivity index (χ1v) is 10.2. The van der Waals surface area contributed by atoms with Crippen molar-refractivity contribution in [2.45, 2.75) is 46.0 Å². The molecule has 1 N–H and O–H groups in total. The van der Waals surface area contributed by atoms with Gasteiger partial charge in [0.15, 0.2) is 5.78 Å². The average molecular weight is 357 g/mol. The van der Waals surface area contributed by atoms with Crippen LogP contribution in [0.15, 0.2) is 24.3 Å². The molecule has 0 aliphatic carbocycles. The monoisotopic (exact) mass is 356 g/mol. The molecular weight excluding hydrogens is 324 g/mol. The van der Waals surface area contributed by atoms with E-state index in [2.05, 4.69) is 31.3 Å². The van der Waals surface area contributed by atoms with E-state index in [1.165, 1.54) is 5.56 Å². The summed E-state index contributed by atoms with van der Waals surface area (Å²) in [6.07, 6.45) is 4.70. The Kier molecular flexibility index (Phi) is 6.47. The van der Waals surface area contributed by atoms with E-state index in [-0.39, 0.29) is 23.5 Å². The van der Waals surface area contributed by atoms with Crippen molar-refractivity contribution in [3.8, 4) is 0 Å². The maximum Gasteiger partial charge on any atom is 0.226 e. The van der Waals surface area contributed by atoms with Crippen LogP contribution in [-0.4, -0.2) is 42.8 Å². The molecule has 0 radical (unpaired) electrons. The molecule has 2 heterocycles. The summed E-state index contributed by atoms with van der Waals surface area (Å²) in [4.78, 5) is 27.4. The molecule has 1 aromatic rings. The summed E-state index contributed by atoms with van der Waals surface area (Å²) in [6, 6.07) is 8.13. The van der Waals surface area contributed by atoms with Crippen molar-refractivity contribution in [1.29, 1.82) is 0 Å². The van der Waals surface area contributed by atoms with Crippen LogP contribution >= 0.6 is 0 Å². The average Bonchev–Trinajstić information content (AvgIpc) is 2.68. The Hall–Kier alpha value is -1.68. The number of benzene rings is 1.